The number of benzene rings is 3. The van der Waals surface area contributed by atoms with E-state index < -0.39 is 11.7 Å². The summed E-state index contributed by atoms with van der Waals surface area (Å²) >= 11 is 0. The van der Waals surface area contributed by atoms with Crippen LogP contribution in [0.15, 0.2) is 91.0 Å². The molecule has 0 spiro atoms. The Morgan fingerprint density at radius 1 is 0.769 bits per heavy atom. The van der Waals surface area contributed by atoms with Gasteiger partial charge in [0.15, 0.2) is 0 Å². The van der Waals surface area contributed by atoms with E-state index in [9.17, 15) is 9.90 Å². The molecule has 0 saturated heterocycles. The Balaban J connectivity index is 2.16. The molecular formula is C23H22O3. The Morgan fingerprint density at radius 2 is 1.15 bits per heavy atom. The molecule has 1 atom stereocenters. The molecule has 3 rings (SSSR count). The van der Waals surface area contributed by atoms with Gasteiger partial charge in [0, 0.05) is 6.42 Å². The van der Waals surface area contributed by atoms with Crippen molar-refractivity contribution < 1.29 is 14.6 Å². The first-order chi connectivity index (χ1) is 12.8. The quantitative estimate of drug-likeness (QED) is 0.496. The number of rotatable bonds is 8. The van der Waals surface area contributed by atoms with Crippen LogP contribution in [0.5, 0.6) is 0 Å². The first kappa shape index (κ1) is 18.1. The minimum Gasteiger partial charge on any atom is -0.390 e. The predicted octanol–water partition coefficient (Wildman–Crippen LogP) is 3.95. The molecule has 0 aromatic heterocycles. The highest BCUT2D eigenvalue weighted by Gasteiger charge is 2.37. The Kier molecular flexibility index (Phi) is 5.95. The van der Waals surface area contributed by atoms with E-state index in [1.54, 1.807) is 0 Å². The average Bonchev–Trinajstić information content (AvgIpc) is 2.71. The second kappa shape index (κ2) is 8.56. The lowest BCUT2D eigenvalue weighted by molar-refractivity contribution is -0.111. The number of ether oxygens (including phenoxy) is 1. The monoisotopic (exact) mass is 346 g/mol. The van der Waals surface area contributed by atoms with Gasteiger partial charge in [-0.3, -0.25) is 0 Å². The summed E-state index contributed by atoms with van der Waals surface area (Å²) in [5.41, 5.74) is 2.04. The lowest BCUT2D eigenvalue weighted by Crippen LogP contribution is -2.35. The molecule has 3 heteroatoms. The van der Waals surface area contributed by atoms with Gasteiger partial charge in [0.05, 0.1) is 12.7 Å². The maximum absolute atomic E-state index is 10.7. The van der Waals surface area contributed by atoms with Crippen LogP contribution in [0.25, 0.3) is 0 Å². The molecule has 3 nitrogen and oxygen atoms in total. The molecule has 0 bridgehead atoms. The molecule has 1 unspecified atom stereocenters. The Bertz CT molecular complexity index is 704. The first-order valence-corrected chi connectivity index (χ1v) is 8.69. The number of aliphatic hydroxyl groups excluding tert-OH is 1. The molecule has 0 fully saturated rings. The second-order valence-corrected chi connectivity index (χ2v) is 6.15. The van der Waals surface area contributed by atoms with E-state index in [4.69, 9.17) is 4.74 Å². The van der Waals surface area contributed by atoms with Crippen molar-refractivity contribution in [3.63, 3.8) is 0 Å². The normalized spacial score (nSPS) is 12.5. The Hall–Kier alpha value is -2.75. The van der Waals surface area contributed by atoms with Crippen molar-refractivity contribution in [2.45, 2.75) is 18.1 Å². The van der Waals surface area contributed by atoms with Gasteiger partial charge in [-0.05, 0) is 16.7 Å². The summed E-state index contributed by atoms with van der Waals surface area (Å²) in [6, 6.07) is 29.9. The Morgan fingerprint density at radius 3 is 1.50 bits per heavy atom. The van der Waals surface area contributed by atoms with Crippen LogP contribution in [0.2, 0.25) is 0 Å². The van der Waals surface area contributed by atoms with Crippen LogP contribution >= 0.6 is 0 Å². The fourth-order valence-electron chi connectivity index (χ4n) is 3.17. The molecule has 0 aliphatic carbocycles. The zero-order chi connectivity index (χ0) is 18.2. The maximum atomic E-state index is 10.7. The zero-order valence-corrected chi connectivity index (χ0v) is 14.5. The third-order valence-corrected chi connectivity index (χ3v) is 4.40. The molecule has 3 aromatic carbocycles. The third kappa shape index (κ3) is 3.74. The number of hydrogen-bond acceptors (Lipinski definition) is 3. The van der Waals surface area contributed by atoms with Gasteiger partial charge in [0.1, 0.15) is 11.9 Å². The molecule has 0 aliphatic rings. The molecule has 26 heavy (non-hydrogen) atoms. The summed E-state index contributed by atoms with van der Waals surface area (Å²) in [7, 11) is 0. The van der Waals surface area contributed by atoms with Gasteiger partial charge in [-0.2, -0.15) is 0 Å². The van der Waals surface area contributed by atoms with Gasteiger partial charge in [-0.25, -0.2) is 0 Å². The zero-order valence-electron chi connectivity index (χ0n) is 14.5. The van der Waals surface area contributed by atoms with E-state index in [0.717, 1.165) is 16.7 Å². The molecule has 0 aliphatic heterocycles. The highest BCUT2D eigenvalue weighted by atomic mass is 16.5. The minimum absolute atomic E-state index is 0.0500. The van der Waals surface area contributed by atoms with Gasteiger partial charge in [0.25, 0.3) is 0 Å². The van der Waals surface area contributed by atoms with Crippen molar-refractivity contribution in [1.29, 1.82) is 0 Å². The fourth-order valence-corrected chi connectivity index (χ4v) is 3.17. The van der Waals surface area contributed by atoms with Crippen LogP contribution in [0.1, 0.15) is 23.1 Å². The topological polar surface area (TPSA) is 46.5 Å². The van der Waals surface area contributed by atoms with Gasteiger partial charge in [-0.1, -0.05) is 91.0 Å². The van der Waals surface area contributed by atoms with Crippen molar-refractivity contribution in [2.75, 3.05) is 6.61 Å². The molecule has 132 valence electrons. The number of aldehydes is 1. The van der Waals surface area contributed by atoms with Crippen LogP contribution in [0.3, 0.4) is 0 Å². The van der Waals surface area contributed by atoms with Gasteiger partial charge in [0.2, 0.25) is 0 Å². The molecule has 0 amide bonds. The molecule has 0 saturated carbocycles. The van der Waals surface area contributed by atoms with Crippen molar-refractivity contribution >= 4 is 6.29 Å². The first-order valence-electron chi connectivity index (χ1n) is 8.69. The molecule has 0 heterocycles. The lowest BCUT2D eigenvalue weighted by Gasteiger charge is -2.36. The van der Waals surface area contributed by atoms with Gasteiger partial charge >= 0.3 is 0 Å². The van der Waals surface area contributed by atoms with E-state index in [1.807, 2.05) is 91.0 Å². The van der Waals surface area contributed by atoms with Crippen LogP contribution in [0.4, 0.5) is 0 Å². The van der Waals surface area contributed by atoms with E-state index in [0.29, 0.717) is 6.29 Å². The van der Waals surface area contributed by atoms with E-state index in [2.05, 4.69) is 0 Å². The van der Waals surface area contributed by atoms with Crippen LogP contribution < -0.4 is 0 Å². The predicted molar refractivity (Wildman–Crippen MR) is 102 cm³/mol. The van der Waals surface area contributed by atoms with Gasteiger partial charge < -0.3 is 14.6 Å². The number of aliphatic hydroxyl groups is 1. The van der Waals surface area contributed by atoms with E-state index in [-0.39, 0.29) is 13.0 Å². The van der Waals surface area contributed by atoms with E-state index in [1.165, 1.54) is 0 Å². The van der Waals surface area contributed by atoms with E-state index >= 15 is 0 Å². The molecule has 1 N–H and O–H groups in total. The molecular weight excluding hydrogens is 324 g/mol. The van der Waals surface area contributed by atoms with Crippen molar-refractivity contribution in [3.8, 4) is 0 Å². The van der Waals surface area contributed by atoms with Gasteiger partial charge in [-0.15, -0.1) is 0 Å². The Labute approximate surface area is 153 Å². The second-order valence-electron chi connectivity index (χ2n) is 6.15. The summed E-state index contributed by atoms with van der Waals surface area (Å²) < 4.78 is 6.39. The number of carbonyl (C=O) groups excluding carboxylic acids is 1. The van der Waals surface area contributed by atoms with Crippen molar-refractivity contribution in [3.05, 3.63) is 108 Å². The highest BCUT2D eigenvalue weighted by molar-refractivity contribution is 5.50. The summed E-state index contributed by atoms with van der Waals surface area (Å²) in [5, 5.41) is 10.1. The smallest absolute Gasteiger partial charge is 0.143 e. The van der Waals surface area contributed by atoms with Crippen molar-refractivity contribution in [2.24, 2.45) is 0 Å². The largest absolute Gasteiger partial charge is 0.390 e. The minimum atomic E-state index is -0.867. The van der Waals surface area contributed by atoms with Crippen LogP contribution in [-0.4, -0.2) is 24.1 Å². The lowest BCUT2D eigenvalue weighted by atomic mass is 9.80. The SMILES string of the molecule is O=CCC(O)COC(c1ccccc1)(c1ccccc1)c1ccccc1. The summed E-state index contributed by atoms with van der Waals surface area (Å²) in [6.07, 6.45) is -0.0828. The van der Waals surface area contributed by atoms with Crippen LogP contribution in [0, 0.1) is 0 Å². The van der Waals surface area contributed by atoms with Crippen molar-refractivity contribution in [1.82, 2.24) is 0 Å². The summed E-state index contributed by atoms with van der Waals surface area (Å²) in [6.45, 7) is 0.0530. The molecule has 3 aromatic rings. The van der Waals surface area contributed by atoms with Crippen LogP contribution in [-0.2, 0) is 15.1 Å². The highest BCUT2D eigenvalue weighted by Crippen LogP contribution is 2.40. The number of hydrogen-bond donors (Lipinski definition) is 1. The average molecular weight is 346 g/mol. The fraction of sp³-hybridized carbons (Fsp3) is 0.174. The molecule has 0 radical (unpaired) electrons. The standard InChI is InChI=1S/C23H22O3/c24-17-16-22(25)18-26-23(19-10-4-1-5-11-19,20-12-6-2-7-13-20)21-14-8-3-9-15-21/h1-15,17,22,25H,16,18H2. The summed E-state index contributed by atoms with van der Waals surface area (Å²) in [4.78, 5) is 10.7. The third-order valence-electron chi connectivity index (χ3n) is 4.40. The summed E-state index contributed by atoms with van der Waals surface area (Å²) in [5.74, 6) is 0. The maximum Gasteiger partial charge on any atom is 0.143 e. The number of carbonyl (C=O) groups is 1.